The first-order chi connectivity index (χ1) is 7.66. The van der Waals surface area contributed by atoms with Gasteiger partial charge in [-0.3, -0.25) is 0 Å². The molecule has 1 aromatic rings. The Morgan fingerprint density at radius 1 is 1.25 bits per heavy atom. The second kappa shape index (κ2) is 4.89. The Balaban J connectivity index is 2.15. The van der Waals surface area contributed by atoms with Crippen molar-refractivity contribution in [2.45, 2.75) is 25.4 Å². The molecule has 2 nitrogen and oxygen atoms in total. The van der Waals surface area contributed by atoms with Crippen LogP contribution in [-0.2, 0) is 9.47 Å². The summed E-state index contributed by atoms with van der Waals surface area (Å²) in [5.41, 5.74) is 0.629. The van der Waals surface area contributed by atoms with Crippen LogP contribution < -0.4 is 0 Å². The van der Waals surface area contributed by atoms with Crippen molar-refractivity contribution in [1.82, 2.24) is 0 Å². The van der Waals surface area contributed by atoms with Crippen molar-refractivity contribution in [3.05, 3.63) is 35.4 Å². The smallest absolute Gasteiger partial charge is 0.147 e. The number of ether oxygens (including phenoxy) is 2. The van der Waals surface area contributed by atoms with Gasteiger partial charge < -0.3 is 9.47 Å². The van der Waals surface area contributed by atoms with Crippen molar-refractivity contribution in [1.29, 1.82) is 0 Å². The van der Waals surface area contributed by atoms with Crippen LogP contribution in [0.3, 0.4) is 0 Å². The van der Waals surface area contributed by atoms with Crippen LogP contribution in [0.4, 0.5) is 8.78 Å². The van der Waals surface area contributed by atoms with Crippen LogP contribution in [-0.4, -0.2) is 19.5 Å². The fraction of sp³-hybridized carbons (Fsp3) is 0.500. The standard InChI is InChI=1S/C12H14F2O2/c1-8(12-2-3-15-7-16-12)9-4-10(13)6-11(14)5-9/h4-6,8,12H,2-3,7H2,1H3. The molecular formula is C12H14F2O2. The van der Waals surface area contributed by atoms with Gasteiger partial charge in [-0.05, 0) is 24.1 Å². The molecule has 2 atom stereocenters. The molecule has 0 saturated carbocycles. The van der Waals surface area contributed by atoms with Crippen LogP contribution in [0.2, 0.25) is 0 Å². The largest absolute Gasteiger partial charge is 0.355 e. The Bertz CT molecular complexity index is 342. The molecule has 0 spiro atoms. The quantitative estimate of drug-likeness (QED) is 0.775. The van der Waals surface area contributed by atoms with Crippen LogP contribution in [0, 0.1) is 11.6 Å². The summed E-state index contributed by atoms with van der Waals surface area (Å²) in [5, 5.41) is 0. The topological polar surface area (TPSA) is 18.5 Å². The third-order valence-electron chi connectivity index (χ3n) is 2.88. The SMILES string of the molecule is CC(c1cc(F)cc(F)c1)C1CCOCO1. The monoisotopic (exact) mass is 228 g/mol. The van der Waals surface area contributed by atoms with Crippen molar-refractivity contribution in [2.75, 3.05) is 13.4 Å². The van der Waals surface area contributed by atoms with Crippen molar-refractivity contribution in [3.63, 3.8) is 0 Å². The van der Waals surface area contributed by atoms with E-state index in [2.05, 4.69) is 0 Å². The highest BCUT2D eigenvalue weighted by atomic mass is 19.1. The molecule has 0 bridgehead atoms. The van der Waals surface area contributed by atoms with Crippen LogP contribution in [0.25, 0.3) is 0 Å². The first-order valence-electron chi connectivity index (χ1n) is 5.32. The van der Waals surface area contributed by atoms with E-state index in [-0.39, 0.29) is 18.8 Å². The molecule has 2 rings (SSSR count). The molecule has 1 aliphatic heterocycles. The number of hydrogen-bond donors (Lipinski definition) is 0. The Labute approximate surface area is 93.2 Å². The third kappa shape index (κ3) is 2.57. The minimum atomic E-state index is -0.547. The van der Waals surface area contributed by atoms with Crippen molar-refractivity contribution >= 4 is 0 Å². The molecule has 1 aliphatic rings. The van der Waals surface area contributed by atoms with E-state index in [0.717, 1.165) is 12.5 Å². The fourth-order valence-electron chi connectivity index (χ4n) is 1.92. The van der Waals surface area contributed by atoms with Gasteiger partial charge in [0.1, 0.15) is 18.4 Å². The van der Waals surface area contributed by atoms with Crippen molar-refractivity contribution in [2.24, 2.45) is 0 Å². The summed E-state index contributed by atoms with van der Waals surface area (Å²) in [7, 11) is 0. The maximum Gasteiger partial charge on any atom is 0.147 e. The van der Waals surface area contributed by atoms with Gasteiger partial charge in [-0.15, -0.1) is 0 Å². The number of rotatable bonds is 2. The van der Waals surface area contributed by atoms with Crippen LogP contribution in [0.15, 0.2) is 18.2 Å². The van der Waals surface area contributed by atoms with E-state index in [4.69, 9.17) is 9.47 Å². The van der Waals surface area contributed by atoms with Gasteiger partial charge in [-0.1, -0.05) is 6.92 Å². The van der Waals surface area contributed by atoms with Gasteiger partial charge in [0.2, 0.25) is 0 Å². The highest BCUT2D eigenvalue weighted by Crippen LogP contribution is 2.26. The van der Waals surface area contributed by atoms with Gasteiger partial charge in [0.05, 0.1) is 12.7 Å². The molecular weight excluding hydrogens is 214 g/mol. The minimum absolute atomic E-state index is 0.0325. The second-order valence-electron chi connectivity index (χ2n) is 4.01. The zero-order valence-corrected chi connectivity index (χ0v) is 9.08. The number of hydrogen-bond acceptors (Lipinski definition) is 2. The van der Waals surface area contributed by atoms with Crippen molar-refractivity contribution < 1.29 is 18.3 Å². The van der Waals surface area contributed by atoms with E-state index in [1.165, 1.54) is 12.1 Å². The number of halogens is 2. The van der Waals surface area contributed by atoms with E-state index in [9.17, 15) is 8.78 Å². The third-order valence-corrected chi connectivity index (χ3v) is 2.88. The highest BCUT2D eigenvalue weighted by molar-refractivity contribution is 5.22. The summed E-state index contributed by atoms with van der Waals surface area (Å²) in [6.07, 6.45) is 0.717. The Kier molecular flexibility index (Phi) is 3.51. The molecule has 0 amide bonds. The van der Waals surface area contributed by atoms with Crippen LogP contribution >= 0.6 is 0 Å². The molecule has 0 aliphatic carbocycles. The maximum absolute atomic E-state index is 13.1. The molecule has 1 aromatic carbocycles. The van der Waals surface area contributed by atoms with Gasteiger partial charge in [0, 0.05) is 12.0 Å². The lowest BCUT2D eigenvalue weighted by Gasteiger charge is -2.28. The van der Waals surface area contributed by atoms with Gasteiger partial charge in [0.25, 0.3) is 0 Å². The molecule has 1 heterocycles. The summed E-state index contributed by atoms with van der Waals surface area (Å²) in [6.45, 7) is 2.80. The van der Waals surface area contributed by atoms with E-state index in [0.29, 0.717) is 12.2 Å². The summed E-state index contributed by atoms with van der Waals surface area (Å²) >= 11 is 0. The summed E-state index contributed by atoms with van der Waals surface area (Å²) in [6, 6.07) is 3.58. The predicted octanol–water partition coefficient (Wildman–Crippen LogP) is 2.83. The molecule has 0 radical (unpaired) electrons. The number of benzene rings is 1. The average molecular weight is 228 g/mol. The molecule has 2 unspecified atom stereocenters. The van der Waals surface area contributed by atoms with Crippen molar-refractivity contribution in [3.8, 4) is 0 Å². The normalized spacial score (nSPS) is 23.1. The Morgan fingerprint density at radius 3 is 2.50 bits per heavy atom. The summed E-state index contributed by atoms with van der Waals surface area (Å²) in [5.74, 6) is -1.13. The predicted molar refractivity (Wildman–Crippen MR) is 55.1 cm³/mol. The molecule has 0 N–H and O–H groups in total. The van der Waals surface area contributed by atoms with Gasteiger partial charge in [-0.2, -0.15) is 0 Å². The minimum Gasteiger partial charge on any atom is -0.355 e. The second-order valence-corrected chi connectivity index (χ2v) is 4.01. The van der Waals surface area contributed by atoms with E-state index in [1.54, 1.807) is 0 Å². The lowest BCUT2D eigenvalue weighted by molar-refractivity contribution is -0.144. The highest BCUT2D eigenvalue weighted by Gasteiger charge is 2.23. The Morgan fingerprint density at radius 2 is 1.94 bits per heavy atom. The zero-order valence-electron chi connectivity index (χ0n) is 9.08. The summed E-state index contributed by atoms with van der Waals surface area (Å²) < 4.78 is 36.6. The molecule has 4 heteroatoms. The lowest BCUT2D eigenvalue weighted by atomic mass is 9.93. The molecule has 16 heavy (non-hydrogen) atoms. The first kappa shape index (κ1) is 11.5. The lowest BCUT2D eigenvalue weighted by Crippen LogP contribution is -2.28. The van der Waals surface area contributed by atoms with Gasteiger partial charge >= 0.3 is 0 Å². The molecule has 88 valence electrons. The zero-order chi connectivity index (χ0) is 11.5. The van der Waals surface area contributed by atoms with Crippen LogP contribution in [0.1, 0.15) is 24.8 Å². The first-order valence-corrected chi connectivity index (χ1v) is 5.32. The maximum atomic E-state index is 13.1. The molecule has 0 aromatic heterocycles. The van der Waals surface area contributed by atoms with Crippen LogP contribution in [0.5, 0.6) is 0 Å². The van der Waals surface area contributed by atoms with E-state index in [1.807, 2.05) is 6.92 Å². The van der Waals surface area contributed by atoms with E-state index < -0.39 is 11.6 Å². The Hall–Kier alpha value is -1.00. The summed E-state index contributed by atoms with van der Waals surface area (Å²) in [4.78, 5) is 0. The van der Waals surface area contributed by atoms with Gasteiger partial charge in [0.15, 0.2) is 0 Å². The molecule has 1 fully saturated rings. The fourth-order valence-corrected chi connectivity index (χ4v) is 1.92. The van der Waals surface area contributed by atoms with Gasteiger partial charge in [-0.25, -0.2) is 8.78 Å². The molecule has 1 saturated heterocycles. The average Bonchev–Trinajstić information content (AvgIpc) is 2.28. The van der Waals surface area contributed by atoms with E-state index >= 15 is 0 Å².